The van der Waals surface area contributed by atoms with Crippen molar-refractivity contribution in [3.05, 3.63) is 0 Å². The minimum absolute atomic E-state index is 0.0102. The van der Waals surface area contributed by atoms with Gasteiger partial charge in [-0.25, -0.2) is 0 Å². The molecular formula is C13H26N2O2. The van der Waals surface area contributed by atoms with E-state index < -0.39 is 5.60 Å². The van der Waals surface area contributed by atoms with Gasteiger partial charge in [-0.05, 0) is 33.6 Å². The molecule has 1 amide bonds. The Bertz CT molecular complexity index is 250. The molecule has 1 rings (SSSR count). The summed E-state index contributed by atoms with van der Waals surface area (Å²) in [5.74, 6) is -0.0102. The summed E-state index contributed by atoms with van der Waals surface area (Å²) in [6.45, 7) is 11.7. The normalized spacial score (nSPS) is 17.9. The topological polar surface area (TPSA) is 41.3 Å². The second-order valence-corrected chi connectivity index (χ2v) is 5.29. The predicted octanol–water partition coefficient (Wildman–Crippen LogP) is 1.40. The number of carbonyl (C=O) groups is 1. The molecule has 17 heavy (non-hydrogen) atoms. The first-order valence-corrected chi connectivity index (χ1v) is 6.63. The van der Waals surface area contributed by atoms with Gasteiger partial charge in [-0.15, -0.1) is 0 Å². The maximum absolute atomic E-state index is 11.9. The van der Waals surface area contributed by atoms with Crippen molar-refractivity contribution in [3.8, 4) is 0 Å². The van der Waals surface area contributed by atoms with Gasteiger partial charge in [0.05, 0.1) is 0 Å². The molecule has 100 valence electrons. The van der Waals surface area contributed by atoms with Gasteiger partial charge in [-0.1, -0.05) is 6.92 Å². The number of rotatable bonds is 8. The first kappa shape index (κ1) is 14.5. The number of nitrogens with one attached hydrogen (secondary N) is 1. The molecule has 0 aromatic heterocycles. The number of carbonyl (C=O) groups excluding carboxylic acids is 1. The zero-order chi connectivity index (χ0) is 12.9. The third-order valence-electron chi connectivity index (χ3n) is 3.17. The number of nitrogens with zero attached hydrogens (tertiary/aromatic N) is 1. The zero-order valence-electron chi connectivity index (χ0n) is 11.6. The standard InChI is InChI=1S/C13H26N2O2/c1-5-10-17-13(3,4)12(16)14-7-6-11(2)15-8-9-15/h11H,5-10H2,1-4H3,(H,14,16). The Morgan fingerprint density at radius 3 is 2.65 bits per heavy atom. The minimum Gasteiger partial charge on any atom is -0.366 e. The molecule has 4 nitrogen and oxygen atoms in total. The van der Waals surface area contributed by atoms with Gasteiger partial charge >= 0.3 is 0 Å². The molecule has 0 aliphatic carbocycles. The van der Waals surface area contributed by atoms with E-state index in [1.165, 1.54) is 13.1 Å². The van der Waals surface area contributed by atoms with Gasteiger partial charge < -0.3 is 10.1 Å². The van der Waals surface area contributed by atoms with Gasteiger partial charge in [0.1, 0.15) is 5.60 Å². The van der Waals surface area contributed by atoms with E-state index in [1.807, 2.05) is 20.8 Å². The highest BCUT2D eigenvalue weighted by Gasteiger charge is 2.28. The smallest absolute Gasteiger partial charge is 0.251 e. The van der Waals surface area contributed by atoms with E-state index >= 15 is 0 Å². The van der Waals surface area contributed by atoms with E-state index in [-0.39, 0.29) is 5.91 Å². The third-order valence-corrected chi connectivity index (χ3v) is 3.17. The molecule has 0 aromatic rings. The van der Waals surface area contributed by atoms with Crippen LogP contribution < -0.4 is 5.32 Å². The Kier molecular flexibility index (Phi) is 5.40. The van der Waals surface area contributed by atoms with Crippen LogP contribution in [-0.2, 0) is 9.53 Å². The summed E-state index contributed by atoms with van der Waals surface area (Å²) in [6, 6.07) is 0.579. The highest BCUT2D eigenvalue weighted by Crippen LogP contribution is 2.13. The number of ether oxygens (including phenoxy) is 1. The fraction of sp³-hybridized carbons (Fsp3) is 0.923. The fourth-order valence-corrected chi connectivity index (χ4v) is 1.71. The van der Waals surface area contributed by atoms with Crippen LogP contribution in [0.4, 0.5) is 0 Å². The van der Waals surface area contributed by atoms with E-state index in [0.29, 0.717) is 12.6 Å². The molecule has 1 fully saturated rings. The van der Waals surface area contributed by atoms with E-state index in [0.717, 1.165) is 19.4 Å². The number of hydrogen-bond acceptors (Lipinski definition) is 3. The second kappa shape index (κ2) is 6.36. The van der Waals surface area contributed by atoms with Crippen LogP contribution in [0.3, 0.4) is 0 Å². The third kappa shape index (κ3) is 5.04. The first-order chi connectivity index (χ1) is 7.97. The second-order valence-electron chi connectivity index (χ2n) is 5.29. The first-order valence-electron chi connectivity index (χ1n) is 6.63. The van der Waals surface area contributed by atoms with Gasteiger partial charge in [-0.3, -0.25) is 9.69 Å². The van der Waals surface area contributed by atoms with Crippen molar-refractivity contribution in [2.24, 2.45) is 0 Å². The van der Waals surface area contributed by atoms with Crippen LogP contribution in [0.25, 0.3) is 0 Å². The predicted molar refractivity (Wildman–Crippen MR) is 69.0 cm³/mol. The highest BCUT2D eigenvalue weighted by atomic mass is 16.5. The van der Waals surface area contributed by atoms with Crippen molar-refractivity contribution < 1.29 is 9.53 Å². The molecule has 1 saturated heterocycles. The van der Waals surface area contributed by atoms with Crippen LogP contribution in [0.2, 0.25) is 0 Å². The Hall–Kier alpha value is -0.610. The Morgan fingerprint density at radius 1 is 1.47 bits per heavy atom. The van der Waals surface area contributed by atoms with E-state index in [2.05, 4.69) is 17.1 Å². The molecule has 1 aliphatic heterocycles. The van der Waals surface area contributed by atoms with Crippen LogP contribution in [0.1, 0.15) is 40.5 Å². The summed E-state index contributed by atoms with van der Waals surface area (Å²) in [4.78, 5) is 14.3. The Balaban J connectivity index is 2.18. The molecule has 1 atom stereocenters. The van der Waals surface area contributed by atoms with Crippen molar-refractivity contribution >= 4 is 5.91 Å². The van der Waals surface area contributed by atoms with Crippen molar-refractivity contribution in [2.75, 3.05) is 26.2 Å². The maximum Gasteiger partial charge on any atom is 0.251 e. The van der Waals surface area contributed by atoms with Crippen LogP contribution in [-0.4, -0.2) is 48.7 Å². The van der Waals surface area contributed by atoms with Crippen LogP contribution in [0.5, 0.6) is 0 Å². The van der Waals surface area contributed by atoms with Gasteiger partial charge in [0.25, 0.3) is 5.91 Å². The summed E-state index contributed by atoms with van der Waals surface area (Å²) in [7, 11) is 0. The van der Waals surface area contributed by atoms with Gasteiger partial charge in [-0.2, -0.15) is 0 Å². The van der Waals surface area contributed by atoms with Crippen LogP contribution >= 0.6 is 0 Å². The average Bonchev–Trinajstić information content (AvgIpc) is 3.09. The molecular weight excluding hydrogens is 216 g/mol. The SMILES string of the molecule is CCCOC(C)(C)C(=O)NCCC(C)N1CC1. The largest absolute Gasteiger partial charge is 0.366 e. The van der Waals surface area contributed by atoms with Crippen LogP contribution in [0.15, 0.2) is 0 Å². The van der Waals surface area contributed by atoms with E-state index in [1.54, 1.807) is 0 Å². The molecule has 0 radical (unpaired) electrons. The monoisotopic (exact) mass is 242 g/mol. The molecule has 0 bridgehead atoms. The van der Waals surface area contributed by atoms with Gasteiger partial charge in [0.15, 0.2) is 0 Å². The molecule has 4 heteroatoms. The lowest BCUT2D eigenvalue weighted by atomic mass is 10.1. The molecule has 0 saturated carbocycles. The van der Waals surface area contributed by atoms with Crippen molar-refractivity contribution in [3.63, 3.8) is 0 Å². The lowest BCUT2D eigenvalue weighted by molar-refractivity contribution is -0.142. The zero-order valence-corrected chi connectivity index (χ0v) is 11.6. The molecule has 1 N–H and O–H groups in total. The molecule has 1 heterocycles. The summed E-state index contributed by atoms with van der Waals surface area (Å²) in [5, 5.41) is 2.95. The Morgan fingerprint density at radius 2 is 2.12 bits per heavy atom. The quantitative estimate of drug-likeness (QED) is 0.654. The lowest BCUT2D eigenvalue weighted by Crippen LogP contribution is -2.45. The number of hydrogen-bond donors (Lipinski definition) is 1. The molecule has 0 spiro atoms. The van der Waals surface area contributed by atoms with Crippen LogP contribution in [0, 0.1) is 0 Å². The highest BCUT2D eigenvalue weighted by molar-refractivity contribution is 5.84. The van der Waals surface area contributed by atoms with E-state index in [4.69, 9.17) is 4.74 Å². The van der Waals surface area contributed by atoms with Gasteiger partial charge in [0, 0.05) is 32.3 Å². The molecule has 0 aromatic carbocycles. The minimum atomic E-state index is -0.709. The Labute approximate surface area is 105 Å². The fourth-order valence-electron chi connectivity index (χ4n) is 1.71. The lowest BCUT2D eigenvalue weighted by Gasteiger charge is -2.24. The van der Waals surface area contributed by atoms with E-state index in [9.17, 15) is 4.79 Å². The molecule has 1 unspecified atom stereocenters. The average molecular weight is 242 g/mol. The summed E-state index contributed by atoms with van der Waals surface area (Å²) in [6.07, 6.45) is 1.94. The number of amides is 1. The van der Waals surface area contributed by atoms with Gasteiger partial charge in [0.2, 0.25) is 0 Å². The summed E-state index contributed by atoms with van der Waals surface area (Å²) >= 11 is 0. The van der Waals surface area contributed by atoms with Crippen molar-refractivity contribution in [1.82, 2.24) is 10.2 Å². The summed E-state index contributed by atoms with van der Waals surface area (Å²) < 4.78 is 5.54. The van der Waals surface area contributed by atoms with Crippen molar-refractivity contribution in [1.29, 1.82) is 0 Å². The molecule has 1 aliphatic rings. The summed E-state index contributed by atoms with van der Waals surface area (Å²) in [5.41, 5.74) is -0.709. The maximum atomic E-state index is 11.9. The van der Waals surface area contributed by atoms with Crippen molar-refractivity contribution in [2.45, 2.75) is 52.2 Å².